The molecule has 60 valence electrons. The van der Waals surface area contributed by atoms with E-state index in [0.717, 1.165) is 0 Å². The summed E-state index contributed by atoms with van der Waals surface area (Å²) in [6, 6.07) is -0.318. The number of carbonyl (C=O) groups excluding carboxylic acids is 2. The van der Waals surface area contributed by atoms with Gasteiger partial charge in [-0.05, 0) is 6.42 Å². The van der Waals surface area contributed by atoms with E-state index >= 15 is 0 Å². The van der Waals surface area contributed by atoms with Gasteiger partial charge >= 0.3 is 0 Å². The van der Waals surface area contributed by atoms with E-state index in [9.17, 15) is 9.59 Å². The summed E-state index contributed by atoms with van der Waals surface area (Å²) in [7, 11) is 0. The van der Waals surface area contributed by atoms with Crippen LogP contribution in [-0.2, 0) is 9.59 Å². The van der Waals surface area contributed by atoms with Crippen molar-refractivity contribution >= 4 is 11.8 Å². The zero-order chi connectivity index (χ0) is 8.43. The van der Waals surface area contributed by atoms with Crippen molar-refractivity contribution in [3.63, 3.8) is 0 Å². The summed E-state index contributed by atoms with van der Waals surface area (Å²) in [5.41, 5.74) is 5.94. The molecule has 0 fully saturated rings. The fraction of sp³-hybridized carbons (Fsp3) is 0.429. The van der Waals surface area contributed by atoms with Crippen LogP contribution < -0.4 is 11.1 Å². The van der Waals surface area contributed by atoms with Crippen LogP contribution in [0.2, 0.25) is 0 Å². The summed E-state index contributed by atoms with van der Waals surface area (Å²) in [6.45, 7) is 1.86. The number of rotatable bonds is 2. The Morgan fingerprint density at radius 2 is 2.27 bits per heavy atom. The van der Waals surface area contributed by atoms with Crippen LogP contribution in [0.3, 0.4) is 0 Å². The lowest BCUT2D eigenvalue weighted by Crippen LogP contribution is -2.30. The van der Waals surface area contributed by atoms with Gasteiger partial charge in [0.05, 0.1) is 0 Å². The Bertz CT molecular complexity index is 233. The molecule has 1 aliphatic rings. The Balaban J connectivity index is 2.79. The standard InChI is InChI=1S/C7H10N2O2/c1-2-5(8)4-3-6(10)9-7(4)11/h3,5H,2,8H2,1H3,(H,9,10,11). The van der Waals surface area contributed by atoms with Crippen LogP contribution in [0.5, 0.6) is 0 Å². The molecule has 1 aliphatic heterocycles. The average Bonchev–Trinajstić information content (AvgIpc) is 2.28. The minimum Gasteiger partial charge on any atom is -0.324 e. The largest absolute Gasteiger partial charge is 0.324 e. The monoisotopic (exact) mass is 154 g/mol. The van der Waals surface area contributed by atoms with Crippen molar-refractivity contribution in [3.05, 3.63) is 11.6 Å². The molecule has 0 aromatic heterocycles. The molecule has 1 unspecified atom stereocenters. The van der Waals surface area contributed by atoms with Crippen LogP contribution in [0.4, 0.5) is 0 Å². The maximum absolute atomic E-state index is 10.9. The summed E-state index contributed by atoms with van der Waals surface area (Å²) in [4.78, 5) is 21.5. The van der Waals surface area contributed by atoms with Gasteiger partial charge in [0.15, 0.2) is 0 Å². The predicted molar refractivity (Wildman–Crippen MR) is 39.5 cm³/mol. The summed E-state index contributed by atoms with van der Waals surface area (Å²) >= 11 is 0. The molecule has 1 rings (SSSR count). The maximum atomic E-state index is 10.9. The third kappa shape index (κ3) is 1.46. The Hall–Kier alpha value is -1.16. The Morgan fingerprint density at radius 1 is 1.64 bits per heavy atom. The Morgan fingerprint density at radius 3 is 2.64 bits per heavy atom. The van der Waals surface area contributed by atoms with Crippen molar-refractivity contribution in [2.45, 2.75) is 19.4 Å². The van der Waals surface area contributed by atoms with Gasteiger partial charge in [-0.15, -0.1) is 0 Å². The number of hydrogen-bond acceptors (Lipinski definition) is 3. The summed E-state index contributed by atoms with van der Waals surface area (Å²) in [5, 5.41) is 2.13. The van der Waals surface area contributed by atoms with Gasteiger partial charge in [-0.25, -0.2) is 0 Å². The molecule has 1 heterocycles. The van der Waals surface area contributed by atoms with Crippen molar-refractivity contribution in [1.82, 2.24) is 5.32 Å². The van der Waals surface area contributed by atoms with E-state index in [1.165, 1.54) is 6.08 Å². The average molecular weight is 154 g/mol. The van der Waals surface area contributed by atoms with E-state index in [4.69, 9.17) is 5.73 Å². The molecule has 0 aromatic carbocycles. The van der Waals surface area contributed by atoms with Crippen LogP contribution in [0.15, 0.2) is 11.6 Å². The zero-order valence-electron chi connectivity index (χ0n) is 6.26. The van der Waals surface area contributed by atoms with Crippen molar-refractivity contribution in [2.24, 2.45) is 5.73 Å². The first-order valence-electron chi connectivity index (χ1n) is 3.47. The summed E-state index contributed by atoms with van der Waals surface area (Å²) < 4.78 is 0. The van der Waals surface area contributed by atoms with Crippen LogP contribution in [-0.4, -0.2) is 17.9 Å². The lowest BCUT2D eigenvalue weighted by molar-refractivity contribution is -0.123. The van der Waals surface area contributed by atoms with E-state index in [2.05, 4.69) is 5.32 Å². The van der Waals surface area contributed by atoms with E-state index < -0.39 is 0 Å². The second-order valence-corrected chi connectivity index (χ2v) is 2.43. The van der Waals surface area contributed by atoms with Crippen molar-refractivity contribution in [3.8, 4) is 0 Å². The van der Waals surface area contributed by atoms with Gasteiger partial charge in [0.1, 0.15) is 0 Å². The number of hydrogen-bond donors (Lipinski definition) is 2. The highest BCUT2D eigenvalue weighted by atomic mass is 16.2. The van der Waals surface area contributed by atoms with Crippen molar-refractivity contribution in [2.75, 3.05) is 0 Å². The molecular weight excluding hydrogens is 144 g/mol. The van der Waals surface area contributed by atoms with Crippen molar-refractivity contribution in [1.29, 1.82) is 0 Å². The number of nitrogens with two attached hydrogens (primary N) is 1. The fourth-order valence-corrected chi connectivity index (χ4v) is 0.922. The molecule has 3 N–H and O–H groups in total. The predicted octanol–water partition coefficient (Wildman–Crippen LogP) is -0.694. The third-order valence-corrected chi connectivity index (χ3v) is 1.62. The topological polar surface area (TPSA) is 72.2 Å². The number of carbonyl (C=O) groups is 2. The highest BCUT2D eigenvalue weighted by Gasteiger charge is 2.24. The van der Waals surface area contributed by atoms with Crippen molar-refractivity contribution < 1.29 is 9.59 Å². The second kappa shape index (κ2) is 2.84. The first-order chi connectivity index (χ1) is 5.15. The Kier molecular flexibility index (Phi) is 2.05. The molecule has 0 aromatic rings. The molecular formula is C7H10N2O2. The molecule has 0 spiro atoms. The summed E-state index contributed by atoms with van der Waals surface area (Å²) in [6.07, 6.45) is 1.92. The van der Waals surface area contributed by atoms with Crippen LogP contribution >= 0.6 is 0 Å². The van der Waals surface area contributed by atoms with E-state index in [0.29, 0.717) is 12.0 Å². The van der Waals surface area contributed by atoms with E-state index in [1.807, 2.05) is 6.92 Å². The van der Waals surface area contributed by atoms with Gasteiger partial charge in [0.25, 0.3) is 11.8 Å². The lowest BCUT2D eigenvalue weighted by atomic mass is 10.1. The lowest BCUT2D eigenvalue weighted by Gasteiger charge is -2.06. The molecule has 0 saturated carbocycles. The zero-order valence-corrected chi connectivity index (χ0v) is 6.26. The summed E-state index contributed by atoms with van der Waals surface area (Å²) in [5.74, 6) is -0.724. The van der Waals surface area contributed by atoms with Gasteiger partial charge in [-0.2, -0.15) is 0 Å². The molecule has 0 radical (unpaired) electrons. The smallest absolute Gasteiger partial charge is 0.255 e. The van der Waals surface area contributed by atoms with Crippen LogP contribution in [0.1, 0.15) is 13.3 Å². The highest BCUT2D eigenvalue weighted by Crippen LogP contribution is 2.08. The van der Waals surface area contributed by atoms with E-state index in [-0.39, 0.29) is 17.9 Å². The highest BCUT2D eigenvalue weighted by molar-refractivity contribution is 6.16. The van der Waals surface area contributed by atoms with Crippen LogP contribution in [0, 0.1) is 0 Å². The quantitative estimate of drug-likeness (QED) is 0.517. The first kappa shape index (κ1) is 7.94. The third-order valence-electron chi connectivity index (χ3n) is 1.62. The molecule has 11 heavy (non-hydrogen) atoms. The van der Waals surface area contributed by atoms with E-state index in [1.54, 1.807) is 0 Å². The SMILES string of the molecule is CCC(N)C1=CC(=O)NC1=O. The van der Waals surface area contributed by atoms with Gasteiger partial charge in [0.2, 0.25) is 0 Å². The molecule has 4 heteroatoms. The maximum Gasteiger partial charge on any atom is 0.255 e. The van der Waals surface area contributed by atoms with Crippen LogP contribution in [0.25, 0.3) is 0 Å². The minimum absolute atomic E-state index is 0.318. The van der Waals surface area contributed by atoms with Gasteiger partial charge in [0, 0.05) is 17.7 Å². The first-order valence-corrected chi connectivity index (χ1v) is 3.47. The molecule has 0 saturated heterocycles. The molecule has 2 amide bonds. The molecule has 1 atom stereocenters. The molecule has 0 bridgehead atoms. The molecule has 4 nitrogen and oxygen atoms in total. The second-order valence-electron chi connectivity index (χ2n) is 2.43. The minimum atomic E-state index is -0.367. The fourth-order valence-electron chi connectivity index (χ4n) is 0.922. The number of amides is 2. The van der Waals surface area contributed by atoms with Gasteiger partial charge in [-0.3, -0.25) is 14.9 Å². The van der Waals surface area contributed by atoms with Gasteiger partial charge in [-0.1, -0.05) is 6.92 Å². The number of imide groups is 1. The number of nitrogens with one attached hydrogen (secondary N) is 1. The van der Waals surface area contributed by atoms with Gasteiger partial charge < -0.3 is 5.73 Å². The molecule has 0 aliphatic carbocycles. The normalized spacial score (nSPS) is 19.6. The Labute approximate surface area is 64.4 Å².